The van der Waals surface area contributed by atoms with Crippen LogP contribution in [0.2, 0.25) is 0 Å². The van der Waals surface area contributed by atoms with Gasteiger partial charge in [-0.2, -0.15) is 0 Å². The molecular formula is C14H17NO4. The van der Waals surface area contributed by atoms with Crippen LogP contribution in [0.25, 0.3) is 0 Å². The fourth-order valence-corrected chi connectivity index (χ4v) is 2.59. The summed E-state index contributed by atoms with van der Waals surface area (Å²) in [4.78, 5) is 23.5. The number of piperidine rings is 1. The topological polar surface area (TPSA) is 77.8 Å². The van der Waals surface area contributed by atoms with E-state index in [1.165, 1.54) is 4.90 Å². The summed E-state index contributed by atoms with van der Waals surface area (Å²) in [6.07, 6.45) is -0.500. The predicted molar refractivity (Wildman–Crippen MR) is 69.3 cm³/mol. The minimum atomic E-state index is -1.05. The third-order valence-electron chi connectivity index (χ3n) is 3.71. The maximum absolute atomic E-state index is 11.4. The number of carboxylic acid groups (broad SMARTS) is 2. The van der Waals surface area contributed by atoms with Crippen molar-refractivity contribution in [2.24, 2.45) is 5.92 Å². The van der Waals surface area contributed by atoms with Crippen molar-refractivity contribution in [1.29, 1.82) is 0 Å². The highest BCUT2D eigenvalue weighted by Crippen LogP contribution is 2.33. The fraction of sp³-hybridized carbons (Fsp3) is 0.429. The number of carbonyl (C=O) groups is 2. The van der Waals surface area contributed by atoms with Gasteiger partial charge in [0.25, 0.3) is 0 Å². The molecule has 0 aromatic heterocycles. The predicted octanol–water partition coefficient (Wildman–Crippen LogP) is 2.16. The number of hydrogen-bond donors (Lipinski definition) is 2. The van der Waals surface area contributed by atoms with Gasteiger partial charge in [0.2, 0.25) is 0 Å². The molecule has 1 fully saturated rings. The number of aliphatic carboxylic acids is 1. The van der Waals surface area contributed by atoms with E-state index in [4.69, 9.17) is 5.11 Å². The highest BCUT2D eigenvalue weighted by Gasteiger charge is 2.36. The Labute approximate surface area is 111 Å². The molecule has 19 heavy (non-hydrogen) atoms. The number of benzene rings is 1. The fourth-order valence-electron chi connectivity index (χ4n) is 2.59. The van der Waals surface area contributed by atoms with Gasteiger partial charge in [-0.1, -0.05) is 29.8 Å². The van der Waals surface area contributed by atoms with Crippen molar-refractivity contribution >= 4 is 12.1 Å². The molecule has 0 spiro atoms. The first-order valence-electron chi connectivity index (χ1n) is 6.26. The van der Waals surface area contributed by atoms with Gasteiger partial charge in [-0.3, -0.25) is 4.79 Å². The molecule has 2 rings (SSSR count). The summed E-state index contributed by atoms with van der Waals surface area (Å²) in [7, 11) is 0. The molecule has 1 heterocycles. The lowest BCUT2D eigenvalue weighted by molar-refractivity contribution is -0.144. The van der Waals surface area contributed by atoms with Crippen LogP contribution in [-0.2, 0) is 4.79 Å². The number of aryl methyl sites for hydroxylation is 1. The zero-order chi connectivity index (χ0) is 14.0. The van der Waals surface area contributed by atoms with E-state index < -0.39 is 18.0 Å². The van der Waals surface area contributed by atoms with E-state index >= 15 is 0 Å². The summed E-state index contributed by atoms with van der Waals surface area (Å²) in [5.74, 6) is -1.72. The van der Waals surface area contributed by atoms with Gasteiger partial charge in [0, 0.05) is 19.0 Å². The molecule has 0 aliphatic carbocycles. The minimum absolute atomic E-state index is 0.0587. The van der Waals surface area contributed by atoms with Gasteiger partial charge in [-0.15, -0.1) is 0 Å². The SMILES string of the molecule is Cc1ccc([C@@H]2CCN(C(=O)O)C[C@H]2C(=O)O)cc1. The summed E-state index contributed by atoms with van der Waals surface area (Å²) in [6, 6.07) is 7.79. The smallest absolute Gasteiger partial charge is 0.407 e. The molecule has 1 aliphatic rings. The van der Waals surface area contributed by atoms with E-state index in [1.807, 2.05) is 31.2 Å². The lowest BCUT2D eigenvalue weighted by Crippen LogP contribution is -2.45. The Bertz CT molecular complexity index is 483. The van der Waals surface area contributed by atoms with Crippen LogP contribution in [0.5, 0.6) is 0 Å². The first kappa shape index (κ1) is 13.4. The Balaban J connectivity index is 2.22. The quantitative estimate of drug-likeness (QED) is 0.857. The first-order chi connectivity index (χ1) is 8.99. The van der Waals surface area contributed by atoms with E-state index in [9.17, 15) is 14.7 Å². The molecule has 1 saturated heterocycles. The zero-order valence-electron chi connectivity index (χ0n) is 10.7. The highest BCUT2D eigenvalue weighted by atomic mass is 16.4. The van der Waals surface area contributed by atoms with Crippen LogP contribution in [0.3, 0.4) is 0 Å². The van der Waals surface area contributed by atoms with Crippen molar-refractivity contribution in [2.45, 2.75) is 19.3 Å². The summed E-state index contributed by atoms with van der Waals surface area (Å²) in [5.41, 5.74) is 2.10. The standard InChI is InChI=1S/C14H17NO4/c1-9-2-4-10(5-3-9)11-6-7-15(14(18)19)8-12(11)13(16)17/h2-5,11-12H,6-8H2,1H3,(H,16,17)(H,18,19)/t11-,12+/m0/s1. The number of rotatable bonds is 2. The molecular weight excluding hydrogens is 246 g/mol. The molecule has 102 valence electrons. The molecule has 0 unspecified atom stereocenters. The highest BCUT2D eigenvalue weighted by molar-refractivity contribution is 5.74. The maximum atomic E-state index is 11.4. The van der Waals surface area contributed by atoms with E-state index in [0.717, 1.165) is 11.1 Å². The summed E-state index contributed by atoms with van der Waals surface area (Å²) >= 11 is 0. The lowest BCUT2D eigenvalue weighted by Gasteiger charge is -2.35. The van der Waals surface area contributed by atoms with Gasteiger partial charge >= 0.3 is 12.1 Å². The molecule has 1 aliphatic heterocycles. The van der Waals surface area contributed by atoms with Gasteiger partial charge in [0.15, 0.2) is 0 Å². The molecule has 0 saturated carbocycles. The van der Waals surface area contributed by atoms with E-state index in [-0.39, 0.29) is 12.5 Å². The number of nitrogens with zero attached hydrogens (tertiary/aromatic N) is 1. The Kier molecular flexibility index (Phi) is 3.74. The minimum Gasteiger partial charge on any atom is -0.481 e. The van der Waals surface area contributed by atoms with E-state index in [1.54, 1.807) is 0 Å². The summed E-state index contributed by atoms with van der Waals surface area (Å²) < 4.78 is 0. The van der Waals surface area contributed by atoms with Crippen LogP contribution in [0.1, 0.15) is 23.5 Å². The molecule has 0 radical (unpaired) electrons. The second kappa shape index (κ2) is 5.30. The van der Waals surface area contributed by atoms with Crippen molar-refractivity contribution in [1.82, 2.24) is 4.90 Å². The van der Waals surface area contributed by atoms with E-state index in [0.29, 0.717) is 13.0 Å². The lowest BCUT2D eigenvalue weighted by atomic mass is 9.80. The Morgan fingerprint density at radius 3 is 2.37 bits per heavy atom. The summed E-state index contributed by atoms with van der Waals surface area (Å²) in [6.45, 7) is 2.42. The molecule has 1 amide bonds. The second-order valence-corrected chi connectivity index (χ2v) is 4.98. The van der Waals surface area contributed by atoms with Crippen LogP contribution in [0, 0.1) is 12.8 Å². The first-order valence-corrected chi connectivity index (χ1v) is 6.26. The van der Waals surface area contributed by atoms with Crippen LogP contribution < -0.4 is 0 Å². The molecule has 1 aromatic carbocycles. The number of carboxylic acids is 1. The average molecular weight is 263 g/mol. The van der Waals surface area contributed by atoms with Crippen LogP contribution in [0.4, 0.5) is 4.79 Å². The van der Waals surface area contributed by atoms with Crippen LogP contribution >= 0.6 is 0 Å². The zero-order valence-corrected chi connectivity index (χ0v) is 10.7. The van der Waals surface area contributed by atoms with Crippen molar-refractivity contribution in [3.63, 3.8) is 0 Å². The van der Waals surface area contributed by atoms with Gasteiger partial charge in [-0.25, -0.2) is 4.79 Å². The van der Waals surface area contributed by atoms with Crippen LogP contribution in [-0.4, -0.2) is 40.3 Å². The second-order valence-electron chi connectivity index (χ2n) is 4.98. The van der Waals surface area contributed by atoms with Crippen molar-refractivity contribution < 1.29 is 19.8 Å². The monoisotopic (exact) mass is 263 g/mol. The molecule has 5 nitrogen and oxygen atoms in total. The number of likely N-dealkylation sites (tertiary alicyclic amines) is 1. The third-order valence-corrected chi connectivity index (χ3v) is 3.71. The molecule has 2 N–H and O–H groups in total. The van der Waals surface area contributed by atoms with Crippen molar-refractivity contribution in [3.05, 3.63) is 35.4 Å². The Morgan fingerprint density at radius 2 is 1.84 bits per heavy atom. The van der Waals surface area contributed by atoms with Gasteiger partial charge < -0.3 is 15.1 Å². The van der Waals surface area contributed by atoms with Gasteiger partial charge in [0.1, 0.15) is 0 Å². The third kappa shape index (κ3) is 2.86. The molecule has 0 bridgehead atoms. The molecule has 2 atom stereocenters. The normalized spacial score (nSPS) is 23.1. The van der Waals surface area contributed by atoms with Gasteiger partial charge in [-0.05, 0) is 18.9 Å². The van der Waals surface area contributed by atoms with Gasteiger partial charge in [0.05, 0.1) is 5.92 Å². The molecule has 1 aromatic rings. The number of amides is 1. The van der Waals surface area contributed by atoms with Crippen molar-refractivity contribution in [3.8, 4) is 0 Å². The van der Waals surface area contributed by atoms with Crippen molar-refractivity contribution in [2.75, 3.05) is 13.1 Å². The van der Waals surface area contributed by atoms with Crippen LogP contribution in [0.15, 0.2) is 24.3 Å². The van der Waals surface area contributed by atoms with E-state index in [2.05, 4.69) is 0 Å². The Morgan fingerprint density at radius 1 is 1.21 bits per heavy atom. The average Bonchev–Trinajstić information content (AvgIpc) is 2.38. The number of hydrogen-bond acceptors (Lipinski definition) is 2. The summed E-state index contributed by atoms with van der Waals surface area (Å²) in [5, 5.41) is 18.3. The Hall–Kier alpha value is -2.04. The largest absolute Gasteiger partial charge is 0.481 e. The molecule has 5 heteroatoms. The maximum Gasteiger partial charge on any atom is 0.407 e.